The van der Waals surface area contributed by atoms with Gasteiger partial charge in [-0.3, -0.25) is 0 Å². The topological polar surface area (TPSA) is 15.3 Å². The van der Waals surface area contributed by atoms with Gasteiger partial charge in [0.1, 0.15) is 0 Å². The van der Waals surface area contributed by atoms with Gasteiger partial charge in [-0.1, -0.05) is 26.0 Å². The van der Waals surface area contributed by atoms with Gasteiger partial charge in [0.2, 0.25) is 0 Å². The summed E-state index contributed by atoms with van der Waals surface area (Å²) in [4.78, 5) is 2.40. The molecule has 90 valence electrons. The van der Waals surface area contributed by atoms with E-state index in [-0.39, 0.29) is 0 Å². The number of halogens is 1. The maximum atomic E-state index is 5.79. The number of benzene rings is 1. The summed E-state index contributed by atoms with van der Waals surface area (Å²) < 4.78 is 0. The lowest BCUT2D eigenvalue weighted by atomic mass is 10.2. The van der Waals surface area contributed by atoms with E-state index in [1.807, 2.05) is 12.1 Å². The van der Waals surface area contributed by atoms with E-state index >= 15 is 0 Å². The highest BCUT2D eigenvalue weighted by molar-refractivity contribution is 6.17. The summed E-state index contributed by atoms with van der Waals surface area (Å²) in [5.41, 5.74) is 2.32. The molecule has 0 saturated heterocycles. The first-order valence-corrected chi connectivity index (χ1v) is 6.44. The van der Waals surface area contributed by atoms with Gasteiger partial charge in [0.05, 0.1) is 0 Å². The third kappa shape index (κ3) is 4.42. The molecule has 0 atom stereocenters. The van der Waals surface area contributed by atoms with Crippen molar-refractivity contribution in [2.45, 2.75) is 19.7 Å². The minimum atomic E-state index is 0.575. The fourth-order valence-corrected chi connectivity index (χ4v) is 1.83. The normalized spacial score (nSPS) is 10.8. The Hall–Kier alpha value is -0.730. The van der Waals surface area contributed by atoms with Gasteiger partial charge in [-0.25, -0.2) is 0 Å². The van der Waals surface area contributed by atoms with Crippen molar-refractivity contribution >= 4 is 17.3 Å². The van der Waals surface area contributed by atoms with Crippen molar-refractivity contribution in [3.05, 3.63) is 29.8 Å². The maximum Gasteiger partial charge on any atom is 0.0474 e. The number of hydrogen-bond acceptors (Lipinski definition) is 2. The van der Waals surface area contributed by atoms with Crippen LogP contribution in [0.2, 0.25) is 0 Å². The zero-order valence-corrected chi connectivity index (χ0v) is 10.9. The maximum absolute atomic E-state index is 5.79. The summed E-state index contributed by atoms with van der Waals surface area (Å²) in [7, 11) is 0. The highest BCUT2D eigenvalue weighted by Gasteiger charge is 1.98. The van der Waals surface area contributed by atoms with Gasteiger partial charge in [-0.2, -0.15) is 0 Å². The molecular weight excluding hydrogens is 220 g/mol. The van der Waals surface area contributed by atoms with Gasteiger partial charge < -0.3 is 10.2 Å². The van der Waals surface area contributed by atoms with Crippen LogP contribution in [0.3, 0.4) is 0 Å². The van der Waals surface area contributed by atoms with Gasteiger partial charge in [0, 0.05) is 24.7 Å². The van der Waals surface area contributed by atoms with Crippen LogP contribution in [0.5, 0.6) is 0 Å². The van der Waals surface area contributed by atoms with E-state index in [4.69, 9.17) is 11.6 Å². The first-order chi connectivity index (χ1) is 7.80. The highest BCUT2D eigenvalue weighted by atomic mass is 35.5. The zero-order valence-electron chi connectivity index (χ0n) is 10.2. The Morgan fingerprint density at radius 3 is 2.62 bits per heavy atom. The second-order valence-electron chi connectivity index (χ2n) is 3.79. The summed E-state index contributed by atoms with van der Waals surface area (Å²) in [5.74, 6) is 0.575. The summed E-state index contributed by atoms with van der Waals surface area (Å²) in [6.45, 7) is 8.67. The van der Waals surface area contributed by atoms with E-state index in [1.165, 1.54) is 0 Å². The monoisotopic (exact) mass is 240 g/mol. The minimum Gasteiger partial charge on any atom is -0.384 e. The number of nitrogens with one attached hydrogen (secondary N) is 1. The lowest BCUT2D eigenvalue weighted by molar-refractivity contribution is 0.316. The van der Waals surface area contributed by atoms with Crippen LogP contribution in [0, 0.1) is 0 Å². The van der Waals surface area contributed by atoms with Crippen LogP contribution in [0.15, 0.2) is 24.3 Å². The van der Waals surface area contributed by atoms with Crippen molar-refractivity contribution in [3.63, 3.8) is 0 Å². The van der Waals surface area contributed by atoms with Crippen LogP contribution in [-0.2, 0) is 5.88 Å². The fourth-order valence-electron chi connectivity index (χ4n) is 1.66. The zero-order chi connectivity index (χ0) is 11.8. The van der Waals surface area contributed by atoms with Crippen molar-refractivity contribution in [1.29, 1.82) is 0 Å². The average molecular weight is 241 g/mol. The molecular formula is C13H21ClN2. The summed E-state index contributed by atoms with van der Waals surface area (Å²) in [6.07, 6.45) is 0. The highest BCUT2D eigenvalue weighted by Crippen LogP contribution is 2.11. The fraction of sp³-hybridized carbons (Fsp3) is 0.538. The van der Waals surface area contributed by atoms with E-state index in [2.05, 4.69) is 36.2 Å². The Labute approximate surface area is 104 Å². The number of likely N-dealkylation sites (N-methyl/N-ethyl adjacent to an activating group) is 1. The quantitative estimate of drug-likeness (QED) is 0.737. The molecule has 16 heavy (non-hydrogen) atoms. The third-order valence-electron chi connectivity index (χ3n) is 2.73. The summed E-state index contributed by atoms with van der Waals surface area (Å²) >= 11 is 5.79. The average Bonchev–Trinajstić information content (AvgIpc) is 2.35. The van der Waals surface area contributed by atoms with Crippen molar-refractivity contribution in [1.82, 2.24) is 4.90 Å². The molecule has 1 aromatic carbocycles. The van der Waals surface area contributed by atoms with Crippen LogP contribution < -0.4 is 5.32 Å². The molecule has 1 aromatic rings. The molecule has 1 rings (SSSR count). The molecule has 0 aliphatic carbocycles. The second-order valence-corrected chi connectivity index (χ2v) is 4.05. The van der Waals surface area contributed by atoms with Crippen molar-refractivity contribution in [2.75, 3.05) is 31.5 Å². The Morgan fingerprint density at radius 2 is 2.00 bits per heavy atom. The minimum absolute atomic E-state index is 0.575. The van der Waals surface area contributed by atoms with Gasteiger partial charge in [-0.15, -0.1) is 11.6 Å². The van der Waals surface area contributed by atoms with Gasteiger partial charge in [0.15, 0.2) is 0 Å². The molecule has 0 radical (unpaired) electrons. The summed E-state index contributed by atoms with van der Waals surface area (Å²) in [6, 6.07) is 8.27. The number of hydrogen-bond donors (Lipinski definition) is 1. The molecule has 0 bridgehead atoms. The molecule has 0 aliphatic rings. The predicted molar refractivity (Wildman–Crippen MR) is 72.3 cm³/mol. The molecule has 0 spiro atoms. The molecule has 1 N–H and O–H groups in total. The van der Waals surface area contributed by atoms with Crippen LogP contribution >= 0.6 is 11.6 Å². The van der Waals surface area contributed by atoms with Crippen molar-refractivity contribution in [2.24, 2.45) is 0 Å². The SMILES string of the molecule is CCN(CC)CCNc1cccc(CCl)c1. The van der Waals surface area contributed by atoms with Crippen molar-refractivity contribution in [3.8, 4) is 0 Å². The molecule has 0 heterocycles. The molecule has 0 fully saturated rings. The molecule has 0 unspecified atom stereocenters. The molecule has 0 amide bonds. The number of alkyl halides is 1. The van der Waals surface area contributed by atoms with Gasteiger partial charge in [-0.05, 0) is 30.8 Å². The molecule has 0 aliphatic heterocycles. The largest absolute Gasteiger partial charge is 0.384 e. The van der Waals surface area contributed by atoms with E-state index in [0.29, 0.717) is 5.88 Å². The molecule has 3 heteroatoms. The third-order valence-corrected chi connectivity index (χ3v) is 3.04. The van der Waals surface area contributed by atoms with E-state index < -0.39 is 0 Å². The standard InChI is InChI=1S/C13H21ClN2/c1-3-16(4-2)9-8-15-13-7-5-6-12(10-13)11-14/h5-7,10,15H,3-4,8-9,11H2,1-2H3. The van der Waals surface area contributed by atoms with E-state index in [0.717, 1.165) is 37.4 Å². The second kappa shape index (κ2) is 7.53. The predicted octanol–water partition coefficient (Wildman–Crippen LogP) is 3.18. The Morgan fingerprint density at radius 1 is 1.25 bits per heavy atom. The van der Waals surface area contributed by atoms with Crippen LogP contribution in [0.25, 0.3) is 0 Å². The van der Waals surface area contributed by atoms with E-state index in [1.54, 1.807) is 0 Å². The first-order valence-electron chi connectivity index (χ1n) is 5.91. The summed E-state index contributed by atoms with van der Waals surface area (Å²) in [5, 5.41) is 3.42. The van der Waals surface area contributed by atoms with Crippen LogP contribution in [0.4, 0.5) is 5.69 Å². The van der Waals surface area contributed by atoms with Gasteiger partial charge in [0.25, 0.3) is 0 Å². The Bertz CT molecular complexity index is 298. The van der Waals surface area contributed by atoms with E-state index in [9.17, 15) is 0 Å². The number of rotatable bonds is 7. The van der Waals surface area contributed by atoms with Crippen molar-refractivity contribution < 1.29 is 0 Å². The van der Waals surface area contributed by atoms with Gasteiger partial charge >= 0.3 is 0 Å². The molecule has 2 nitrogen and oxygen atoms in total. The van der Waals surface area contributed by atoms with Crippen LogP contribution in [0.1, 0.15) is 19.4 Å². The number of nitrogens with zero attached hydrogens (tertiary/aromatic N) is 1. The van der Waals surface area contributed by atoms with Crippen LogP contribution in [-0.4, -0.2) is 31.1 Å². The lowest BCUT2D eigenvalue weighted by Crippen LogP contribution is -2.28. The smallest absolute Gasteiger partial charge is 0.0474 e. The Kier molecular flexibility index (Phi) is 6.27. The number of anilines is 1. The lowest BCUT2D eigenvalue weighted by Gasteiger charge is -2.18. The first kappa shape index (κ1) is 13.3. The Balaban J connectivity index is 2.36. The molecule has 0 saturated carbocycles. The molecule has 0 aromatic heterocycles.